The monoisotopic (exact) mass is 430 g/mol. The number of halogens is 3. The van der Waals surface area contributed by atoms with E-state index in [1.807, 2.05) is 0 Å². The third kappa shape index (κ3) is 5.78. The van der Waals surface area contributed by atoms with E-state index >= 15 is 0 Å². The standard InChI is InChI=1S/C18H21F3N4O3S/c19-18(20,21)15-9-25(11-23-15)14(7-12-3-1-2-4-12)17(26)24-16-6-5-13(8-22-16)10-29(27)28/h5-6,8-9,11-12,14,29H,1-4,7,10H2,(H,22,24,26)/t14-/m0/s1. The minimum Gasteiger partial charge on any atom is -0.324 e. The molecule has 0 unspecified atom stereocenters. The lowest BCUT2D eigenvalue weighted by molar-refractivity contribution is -0.141. The summed E-state index contributed by atoms with van der Waals surface area (Å²) in [6.45, 7) is 0. The first-order chi connectivity index (χ1) is 13.7. The number of imidazole rings is 1. The Balaban J connectivity index is 1.77. The van der Waals surface area contributed by atoms with E-state index in [9.17, 15) is 26.4 Å². The number of pyridine rings is 1. The van der Waals surface area contributed by atoms with Gasteiger partial charge in [0.1, 0.15) is 22.6 Å². The number of alkyl halides is 3. The van der Waals surface area contributed by atoms with Crippen LogP contribution in [0.5, 0.6) is 0 Å². The first-order valence-corrected chi connectivity index (χ1v) is 10.6. The van der Waals surface area contributed by atoms with E-state index in [4.69, 9.17) is 0 Å². The topological polar surface area (TPSA) is 94.0 Å². The Hall–Kier alpha value is -2.43. The van der Waals surface area contributed by atoms with Crippen molar-refractivity contribution in [1.82, 2.24) is 14.5 Å². The summed E-state index contributed by atoms with van der Waals surface area (Å²) in [6, 6.07) is 2.14. The third-order valence-corrected chi connectivity index (χ3v) is 5.60. The molecule has 1 N–H and O–H groups in total. The Kier molecular flexibility index (Phi) is 6.56. The van der Waals surface area contributed by atoms with E-state index in [1.54, 1.807) is 0 Å². The molecule has 1 saturated carbocycles. The second-order valence-corrected chi connectivity index (χ2v) is 8.12. The summed E-state index contributed by atoms with van der Waals surface area (Å²) in [7, 11) is -2.59. The fourth-order valence-corrected chi connectivity index (χ4v) is 4.02. The van der Waals surface area contributed by atoms with E-state index in [2.05, 4.69) is 15.3 Å². The molecule has 1 fully saturated rings. The van der Waals surface area contributed by atoms with Crippen LogP contribution in [0.2, 0.25) is 0 Å². The zero-order valence-electron chi connectivity index (χ0n) is 15.4. The number of nitrogens with zero attached hydrogens (tertiary/aromatic N) is 3. The third-order valence-electron chi connectivity index (χ3n) is 4.97. The first kappa shape index (κ1) is 21.3. The van der Waals surface area contributed by atoms with Crippen LogP contribution in [0, 0.1) is 5.92 Å². The summed E-state index contributed by atoms with van der Waals surface area (Å²) >= 11 is 0. The van der Waals surface area contributed by atoms with E-state index in [-0.39, 0.29) is 17.5 Å². The van der Waals surface area contributed by atoms with Gasteiger partial charge in [-0.05, 0) is 24.0 Å². The van der Waals surface area contributed by atoms with Crippen molar-refractivity contribution in [3.05, 3.63) is 42.1 Å². The second kappa shape index (κ2) is 8.93. The Morgan fingerprint density at radius 2 is 1.97 bits per heavy atom. The molecule has 0 aromatic carbocycles. The highest BCUT2D eigenvalue weighted by molar-refractivity contribution is 7.71. The van der Waals surface area contributed by atoms with Gasteiger partial charge in [0.15, 0.2) is 5.69 Å². The number of aromatic nitrogens is 3. The summed E-state index contributed by atoms with van der Waals surface area (Å²) < 4.78 is 61.5. The molecule has 1 aliphatic rings. The minimum absolute atomic E-state index is 0.157. The molecular formula is C18H21F3N4O3S. The number of carbonyl (C=O) groups is 1. The fraction of sp³-hybridized carbons (Fsp3) is 0.500. The van der Waals surface area contributed by atoms with Gasteiger partial charge in [0.25, 0.3) is 0 Å². The van der Waals surface area contributed by atoms with Crippen LogP contribution in [0.25, 0.3) is 0 Å². The highest BCUT2D eigenvalue weighted by Gasteiger charge is 2.35. The van der Waals surface area contributed by atoms with Gasteiger partial charge in [-0.3, -0.25) is 4.79 Å². The number of rotatable bonds is 7. The predicted molar refractivity (Wildman–Crippen MR) is 99.7 cm³/mol. The summed E-state index contributed by atoms with van der Waals surface area (Å²) in [6.07, 6.45) is 3.00. The summed E-state index contributed by atoms with van der Waals surface area (Å²) in [5.74, 6) is -0.187. The van der Waals surface area contributed by atoms with Crippen LogP contribution in [-0.2, 0) is 27.4 Å². The number of carbonyl (C=O) groups excluding carboxylic acids is 1. The molecule has 0 aliphatic heterocycles. The van der Waals surface area contributed by atoms with Crippen LogP contribution >= 0.6 is 0 Å². The van der Waals surface area contributed by atoms with Gasteiger partial charge >= 0.3 is 6.18 Å². The Bertz CT molecular complexity index is 911. The van der Waals surface area contributed by atoms with Gasteiger partial charge in [-0.15, -0.1) is 0 Å². The van der Waals surface area contributed by atoms with Crippen molar-refractivity contribution in [3.63, 3.8) is 0 Å². The van der Waals surface area contributed by atoms with Gasteiger partial charge in [0.2, 0.25) is 5.91 Å². The Morgan fingerprint density at radius 1 is 1.24 bits per heavy atom. The maximum atomic E-state index is 12.9. The highest BCUT2D eigenvalue weighted by atomic mass is 32.2. The minimum atomic E-state index is -4.58. The molecule has 2 heterocycles. The molecule has 2 aromatic rings. The molecule has 158 valence electrons. The van der Waals surface area contributed by atoms with Crippen molar-refractivity contribution in [3.8, 4) is 0 Å². The molecule has 0 bridgehead atoms. The van der Waals surface area contributed by atoms with Gasteiger partial charge in [0.05, 0.1) is 12.1 Å². The maximum Gasteiger partial charge on any atom is 0.434 e. The van der Waals surface area contributed by atoms with E-state index < -0.39 is 34.5 Å². The average Bonchev–Trinajstić information content (AvgIpc) is 3.32. The number of anilines is 1. The van der Waals surface area contributed by atoms with Crippen molar-refractivity contribution >= 4 is 22.4 Å². The lowest BCUT2D eigenvalue weighted by Crippen LogP contribution is -2.27. The van der Waals surface area contributed by atoms with Gasteiger partial charge in [-0.1, -0.05) is 31.7 Å². The normalized spacial score (nSPS) is 16.3. The average molecular weight is 430 g/mol. The molecule has 0 radical (unpaired) electrons. The lowest BCUT2D eigenvalue weighted by atomic mass is 9.97. The number of thiol groups is 1. The maximum absolute atomic E-state index is 12.9. The largest absolute Gasteiger partial charge is 0.434 e. The Labute approximate surface area is 167 Å². The predicted octanol–water partition coefficient (Wildman–Crippen LogP) is 3.17. The van der Waals surface area contributed by atoms with Crippen LogP contribution in [-0.4, -0.2) is 28.9 Å². The summed E-state index contributed by atoms with van der Waals surface area (Å²) in [5.41, 5.74) is -0.568. The van der Waals surface area contributed by atoms with Crippen LogP contribution in [0.3, 0.4) is 0 Å². The summed E-state index contributed by atoms with van der Waals surface area (Å²) in [4.78, 5) is 20.3. The SMILES string of the molecule is O=C(Nc1ccc(C[SH](=O)=O)cn1)[C@H](CC1CCCC1)n1cnc(C(F)(F)F)c1. The van der Waals surface area contributed by atoms with Gasteiger partial charge in [-0.25, -0.2) is 18.4 Å². The quantitative estimate of drug-likeness (QED) is 0.658. The molecule has 3 rings (SSSR count). The molecule has 0 spiro atoms. The zero-order valence-corrected chi connectivity index (χ0v) is 16.3. The van der Waals surface area contributed by atoms with Crippen molar-refractivity contribution in [2.45, 2.75) is 50.1 Å². The number of nitrogens with one attached hydrogen (secondary N) is 1. The van der Waals surface area contributed by atoms with Crippen LogP contribution in [0.15, 0.2) is 30.9 Å². The van der Waals surface area contributed by atoms with E-state index in [0.29, 0.717) is 12.0 Å². The van der Waals surface area contributed by atoms with Crippen molar-refractivity contribution in [2.24, 2.45) is 5.92 Å². The van der Waals surface area contributed by atoms with Gasteiger partial charge < -0.3 is 9.88 Å². The molecule has 7 nitrogen and oxygen atoms in total. The Morgan fingerprint density at radius 3 is 2.52 bits per heavy atom. The summed E-state index contributed by atoms with van der Waals surface area (Å²) in [5, 5.41) is 2.61. The zero-order chi connectivity index (χ0) is 21.0. The molecule has 2 aromatic heterocycles. The fourth-order valence-electron chi connectivity index (χ4n) is 3.53. The van der Waals surface area contributed by atoms with Crippen molar-refractivity contribution in [1.29, 1.82) is 0 Å². The first-order valence-electron chi connectivity index (χ1n) is 9.20. The molecule has 1 atom stereocenters. The van der Waals surface area contributed by atoms with Crippen molar-refractivity contribution < 1.29 is 26.4 Å². The molecule has 1 aliphatic carbocycles. The van der Waals surface area contributed by atoms with Crippen LogP contribution < -0.4 is 5.32 Å². The number of hydrogen-bond donors (Lipinski definition) is 2. The number of amides is 1. The second-order valence-electron chi connectivity index (χ2n) is 7.14. The van der Waals surface area contributed by atoms with Gasteiger partial charge in [-0.2, -0.15) is 13.2 Å². The van der Waals surface area contributed by atoms with Gasteiger partial charge in [0, 0.05) is 12.4 Å². The molecule has 11 heteroatoms. The van der Waals surface area contributed by atoms with E-state index in [0.717, 1.165) is 38.2 Å². The molecule has 0 saturated heterocycles. The molecule has 29 heavy (non-hydrogen) atoms. The molecule has 1 amide bonds. The lowest BCUT2D eigenvalue weighted by Gasteiger charge is -2.21. The number of hydrogen-bond acceptors (Lipinski definition) is 5. The van der Waals surface area contributed by atoms with Crippen LogP contribution in [0.4, 0.5) is 19.0 Å². The van der Waals surface area contributed by atoms with Crippen LogP contribution in [0.1, 0.15) is 49.4 Å². The smallest absolute Gasteiger partial charge is 0.324 e. The van der Waals surface area contributed by atoms with E-state index in [1.165, 1.54) is 22.9 Å². The molecular weight excluding hydrogens is 409 g/mol. The highest BCUT2D eigenvalue weighted by Crippen LogP contribution is 2.34. The van der Waals surface area contributed by atoms with Crippen molar-refractivity contribution in [2.75, 3.05) is 5.32 Å².